The van der Waals surface area contributed by atoms with Crippen molar-refractivity contribution in [3.63, 3.8) is 0 Å². The maximum absolute atomic E-state index is 13.7. The molecule has 1 amide bonds. The molecule has 0 spiro atoms. The summed E-state index contributed by atoms with van der Waals surface area (Å²) in [6, 6.07) is 6.63. The number of hydrogen-bond acceptors (Lipinski definition) is 3. The number of halogens is 1. The SMILES string of the molecule is CCCCC(=O)NCCc1csc(-c2ccccc2F)n1. The van der Waals surface area contributed by atoms with Crippen molar-refractivity contribution in [3.8, 4) is 10.6 Å². The summed E-state index contributed by atoms with van der Waals surface area (Å²) in [5.41, 5.74) is 1.41. The van der Waals surface area contributed by atoms with Crippen molar-refractivity contribution >= 4 is 17.2 Å². The first-order chi connectivity index (χ1) is 10.2. The Morgan fingerprint density at radius 3 is 2.95 bits per heavy atom. The number of benzene rings is 1. The van der Waals surface area contributed by atoms with Gasteiger partial charge in [-0.2, -0.15) is 0 Å². The van der Waals surface area contributed by atoms with Crippen molar-refractivity contribution in [2.45, 2.75) is 32.6 Å². The Hall–Kier alpha value is -1.75. The van der Waals surface area contributed by atoms with Crippen molar-refractivity contribution in [2.24, 2.45) is 0 Å². The smallest absolute Gasteiger partial charge is 0.220 e. The number of nitrogens with one attached hydrogen (secondary N) is 1. The fourth-order valence-electron chi connectivity index (χ4n) is 1.94. The van der Waals surface area contributed by atoms with Crippen molar-refractivity contribution in [2.75, 3.05) is 6.54 Å². The van der Waals surface area contributed by atoms with Crippen LogP contribution < -0.4 is 5.32 Å². The first-order valence-electron chi connectivity index (χ1n) is 7.16. The van der Waals surface area contributed by atoms with Crippen molar-refractivity contribution in [1.29, 1.82) is 0 Å². The molecule has 0 atom stereocenters. The van der Waals surface area contributed by atoms with Crippen molar-refractivity contribution < 1.29 is 9.18 Å². The predicted molar refractivity (Wildman–Crippen MR) is 83.7 cm³/mol. The quantitative estimate of drug-likeness (QED) is 0.845. The molecular weight excluding hydrogens is 287 g/mol. The molecule has 0 aliphatic rings. The van der Waals surface area contributed by atoms with Crippen LogP contribution in [0.25, 0.3) is 10.6 Å². The highest BCUT2D eigenvalue weighted by atomic mass is 32.1. The van der Waals surface area contributed by atoms with Gasteiger partial charge in [0.05, 0.1) is 5.69 Å². The van der Waals surface area contributed by atoms with Crippen LogP contribution in [0, 0.1) is 5.82 Å². The van der Waals surface area contributed by atoms with Crippen LogP contribution in [-0.4, -0.2) is 17.4 Å². The zero-order chi connectivity index (χ0) is 15.1. The Morgan fingerprint density at radius 1 is 1.38 bits per heavy atom. The molecular formula is C16H19FN2OS. The molecule has 0 radical (unpaired) electrons. The van der Waals surface area contributed by atoms with E-state index in [1.807, 2.05) is 5.38 Å². The second-order valence-corrected chi connectivity index (χ2v) is 5.69. The van der Waals surface area contributed by atoms with E-state index in [-0.39, 0.29) is 11.7 Å². The number of nitrogens with zero attached hydrogens (tertiary/aromatic N) is 1. The van der Waals surface area contributed by atoms with Gasteiger partial charge in [-0.15, -0.1) is 11.3 Å². The van der Waals surface area contributed by atoms with Gasteiger partial charge < -0.3 is 5.32 Å². The molecule has 0 aliphatic carbocycles. The fourth-order valence-corrected chi connectivity index (χ4v) is 2.82. The van der Waals surface area contributed by atoms with E-state index in [9.17, 15) is 9.18 Å². The number of rotatable bonds is 7. The second kappa shape index (κ2) is 7.88. The van der Waals surface area contributed by atoms with E-state index < -0.39 is 0 Å². The third kappa shape index (κ3) is 4.63. The molecule has 1 N–H and O–H groups in total. The normalized spacial score (nSPS) is 10.6. The third-order valence-electron chi connectivity index (χ3n) is 3.12. The summed E-state index contributed by atoms with van der Waals surface area (Å²) >= 11 is 1.43. The molecule has 0 unspecified atom stereocenters. The molecule has 5 heteroatoms. The van der Waals surface area contributed by atoms with Gasteiger partial charge in [-0.25, -0.2) is 9.37 Å². The summed E-state index contributed by atoms with van der Waals surface area (Å²) in [4.78, 5) is 15.9. The van der Waals surface area contributed by atoms with Gasteiger partial charge in [0.2, 0.25) is 5.91 Å². The van der Waals surface area contributed by atoms with Gasteiger partial charge in [0.15, 0.2) is 0 Å². The van der Waals surface area contributed by atoms with Gasteiger partial charge in [-0.1, -0.05) is 25.5 Å². The number of unbranched alkanes of at least 4 members (excludes halogenated alkanes) is 1. The van der Waals surface area contributed by atoms with Crippen LogP contribution in [0.5, 0.6) is 0 Å². The maximum atomic E-state index is 13.7. The average molecular weight is 306 g/mol. The Bertz CT molecular complexity index is 597. The van der Waals surface area contributed by atoms with Gasteiger partial charge in [0.1, 0.15) is 10.8 Å². The first-order valence-corrected chi connectivity index (χ1v) is 8.04. The molecule has 0 fully saturated rings. The van der Waals surface area contributed by atoms with Crippen LogP contribution in [0.4, 0.5) is 4.39 Å². The molecule has 112 valence electrons. The summed E-state index contributed by atoms with van der Waals surface area (Å²) in [6.45, 7) is 2.63. The highest BCUT2D eigenvalue weighted by Gasteiger charge is 2.09. The number of hydrogen-bond donors (Lipinski definition) is 1. The van der Waals surface area contributed by atoms with E-state index in [2.05, 4.69) is 17.2 Å². The van der Waals surface area contributed by atoms with E-state index >= 15 is 0 Å². The van der Waals surface area contributed by atoms with E-state index in [1.165, 1.54) is 17.4 Å². The van der Waals surface area contributed by atoms with Crippen molar-refractivity contribution in [3.05, 3.63) is 41.2 Å². The summed E-state index contributed by atoms with van der Waals surface area (Å²) in [5, 5.41) is 5.48. The van der Waals surface area contributed by atoms with Crippen molar-refractivity contribution in [1.82, 2.24) is 10.3 Å². The Labute approximate surface area is 128 Å². The Morgan fingerprint density at radius 2 is 2.19 bits per heavy atom. The molecule has 21 heavy (non-hydrogen) atoms. The Kier molecular flexibility index (Phi) is 5.87. The lowest BCUT2D eigenvalue weighted by Gasteiger charge is -2.02. The standard InChI is InChI=1S/C16H19FN2OS/c1-2-3-8-15(20)18-10-9-12-11-21-16(19-12)13-6-4-5-7-14(13)17/h4-7,11H,2-3,8-10H2,1H3,(H,18,20). The Balaban J connectivity index is 1.87. The minimum absolute atomic E-state index is 0.0846. The van der Waals surface area contributed by atoms with Gasteiger partial charge >= 0.3 is 0 Å². The van der Waals surface area contributed by atoms with Crippen LogP contribution in [0.2, 0.25) is 0 Å². The highest BCUT2D eigenvalue weighted by Crippen LogP contribution is 2.26. The summed E-state index contributed by atoms with van der Waals surface area (Å²) in [6.07, 6.45) is 3.18. The largest absolute Gasteiger partial charge is 0.356 e. The molecule has 0 bridgehead atoms. The number of aromatic nitrogens is 1. The van der Waals surface area contributed by atoms with Crippen LogP contribution >= 0.6 is 11.3 Å². The monoisotopic (exact) mass is 306 g/mol. The molecule has 0 aliphatic heterocycles. The lowest BCUT2D eigenvalue weighted by atomic mass is 10.2. The predicted octanol–water partition coefficient (Wildman–Crippen LogP) is 3.80. The molecule has 1 aromatic carbocycles. The summed E-state index contributed by atoms with van der Waals surface area (Å²) in [7, 11) is 0. The zero-order valence-electron chi connectivity index (χ0n) is 12.1. The van der Waals surface area contributed by atoms with Crippen LogP contribution in [-0.2, 0) is 11.2 Å². The van der Waals surface area contributed by atoms with Gasteiger partial charge in [0, 0.05) is 30.3 Å². The number of carbonyl (C=O) groups is 1. The second-order valence-electron chi connectivity index (χ2n) is 4.83. The zero-order valence-corrected chi connectivity index (χ0v) is 12.9. The molecule has 0 saturated heterocycles. The minimum Gasteiger partial charge on any atom is -0.356 e. The summed E-state index contributed by atoms with van der Waals surface area (Å²) < 4.78 is 13.7. The van der Waals surface area contributed by atoms with E-state index in [1.54, 1.807) is 18.2 Å². The van der Waals surface area contributed by atoms with E-state index in [0.717, 1.165) is 18.5 Å². The molecule has 2 rings (SSSR count). The lowest BCUT2D eigenvalue weighted by Crippen LogP contribution is -2.25. The van der Waals surface area contributed by atoms with Gasteiger partial charge in [-0.05, 0) is 18.6 Å². The average Bonchev–Trinajstić information content (AvgIpc) is 2.94. The number of carbonyl (C=O) groups excluding carboxylic acids is 1. The minimum atomic E-state index is -0.258. The van der Waals surface area contributed by atoms with Gasteiger partial charge in [0.25, 0.3) is 0 Å². The van der Waals surface area contributed by atoms with Gasteiger partial charge in [-0.3, -0.25) is 4.79 Å². The molecule has 3 nitrogen and oxygen atoms in total. The topological polar surface area (TPSA) is 42.0 Å². The third-order valence-corrected chi connectivity index (χ3v) is 4.04. The first kappa shape index (κ1) is 15.6. The maximum Gasteiger partial charge on any atom is 0.220 e. The molecule has 1 aromatic heterocycles. The lowest BCUT2D eigenvalue weighted by molar-refractivity contribution is -0.121. The van der Waals surface area contributed by atoms with E-state index in [0.29, 0.717) is 30.0 Å². The van der Waals surface area contributed by atoms with E-state index in [4.69, 9.17) is 0 Å². The number of thiazole rings is 1. The van der Waals surface area contributed by atoms with Crippen LogP contribution in [0.1, 0.15) is 31.9 Å². The summed E-state index contributed by atoms with van der Waals surface area (Å²) in [5.74, 6) is -0.173. The molecule has 1 heterocycles. The fraction of sp³-hybridized carbons (Fsp3) is 0.375. The van der Waals surface area contributed by atoms with Crippen LogP contribution in [0.15, 0.2) is 29.6 Å². The van der Waals surface area contributed by atoms with Crippen LogP contribution in [0.3, 0.4) is 0 Å². The molecule has 2 aromatic rings. The molecule has 0 saturated carbocycles. The number of amides is 1. The highest BCUT2D eigenvalue weighted by molar-refractivity contribution is 7.13.